The molecule has 0 saturated carbocycles. The molecule has 0 fully saturated rings. The van der Waals surface area contributed by atoms with Crippen molar-refractivity contribution in [2.45, 2.75) is 24.4 Å². The van der Waals surface area contributed by atoms with Gasteiger partial charge in [-0.2, -0.15) is 0 Å². The molecular weight excluding hydrogens is 396 g/mol. The average molecular weight is 412 g/mol. The number of halogens is 3. The Bertz CT molecular complexity index is 860. The van der Waals surface area contributed by atoms with Gasteiger partial charge in [-0.05, 0) is 48.4 Å². The highest BCUT2D eigenvalue weighted by atomic mass is 35.5. The van der Waals surface area contributed by atoms with Gasteiger partial charge in [0, 0.05) is 22.8 Å². The Labute approximate surface area is 165 Å². The number of rotatable bonds is 6. The fraction of sp³-hybridized carbons (Fsp3) is 0.222. The lowest BCUT2D eigenvalue weighted by Gasteiger charge is -2.09. The normalized spacial score (nSPS) is 11.0. The van der Waals surface area contributed by atoms with E-state index in [1.807, 2.05) is 30.7 Å². The number of aromatic nitrogens is 3. The number of nitrogens with zero attached hydrogens (tertiary/aromatic N) is 3. The summed E-state index contributed by atoms with van der Waals surface area (Å²) >= 11 is 13.5. The molecule has 0 saturated heterocycles. The molecule has 0 aliphatic carbocycles. The van der Waals surface area contributed by atoms with Gasteiger partial charge in [0.05, 0.1) is 0 Å². The molecule has 26 heavy (non-hydrogen) atoms. The largest absolute Gasteiger partial charge is 0.485 e. The van der Waals surface area contributed by atoms with Gasteiger partial charge in [0.25, 0.3) is 0 Å². The highest BCUT2D eigenvalue weighted by Gasteiger charge is 2.12. The zero-order valence-corrected chi connectivity index (χ0v) is 16.5. The predicted molar refractivity (Wildman–Crippen MR) is 102 cm³/mol. The van der Waals surface area contributed by atoms with Gasteiger partial charge in [-0.3, -0.25) is 0 Å². The van der Waals surface area contributed by atoms with Gasteiger partial charge in [0.2, 0.25) is 0 Å². The molecule has 1 aromatic heterocycles. The van der Waals surface area contributed by atoms with Crippen LogP contribution in [-0.2, 0) is 19.4 Å². The fourth-order valence-corrected chi connectivity index (χ4v) is 3.77. The zero-order valence-electron chi connectivity index (χ0n) is 14.2. The maximum atomic E-state index is 13.1. The summed E-state index contributed by atoms with van der Waals surface area (Å²) in [5.41, 5.74) is 1.80. The Morgan fingerprint density at radius 3 is 2.69 bits per heavy atom. The van der Waals surface area contributed by atoms with Crippen molar-refractivity contribution < 1.29 is 9.13 Å². The van der Waals surface area contributed by atoms with E-state index in [1.54, 1.807) is 12.1 Å². The molecule has 2 aromatic carbocycles. The van der Waals surface area contributed by atoms with Crippen molar-refractivity contribution in [2.24, 2.45) is 7.05 Å². The molecule has 1 heterocycles. The number of thioether (sulfide) groups is 1. The second-order valence-corrected chi connectivity index (χ2v) is 7.47. The molecule has 0 bridgehead atoms. The molecule has 3 rings (SSSR count). The van der Waals surface area contributed by atoms with E-state index >= 15 is 0 Å². The van der Waals surface area contributed by atoms with Crippen molar-refractivity contribution in [3.05, 3.63) is 69.2 Å². The Morgan fingerprint density at radius 2 is 1.96 bits per heavy atom. The van der Waals surface area contributed by atoms with Crippen LogP contribution in [0.2, 0.25) is 10.0 Å². The first kappa shape index (κ1) is 19.0. The van der Waals surface area contributed by atoms with Crippen LogP contribution >= 0.6 is 35.0 Å². The lowest BCUT2D eigenvalue weighted by atomic mass is 10.2. The Kier molecular flexibility index (Phi) is 6.06. The second-order valence-electron chi connectivity index (χ2n) is 5.68. The first-order chi connectivity index (χ1) is 12.4. The van der Waals surface area contributed by atoms with Gasteiger partial charge in [-0.1, -0.05) is 41.0 Å². The van der Waals surface area contributed by atoms with Crippen LogP contribution in [0.1, 0.15) is 17.0 Å². The van der Waals surface area contributed by atoms with Gasteiger partial charge in [0.15, 0.2) is 11.0 Å². The quantitative estimate of drug-likeness (QED) is 0.506. The SMILES string of the molecule is Cc1cc(Cl)ccc1OCc1nnc(SCc2ccc(F)cc2Cl)n1C. The molecule has 0 unspecified atom stereocenters. The van der Waals surface area contributed by atoms with E-state index in [9.17, 15) is 4.39 Å². The summed E-state index contributed by atoms with van der Waals surface area (Å²) in [5.74, 6) is 1.68. The lowest BCUT2D eigenvalue weighted by molar-refractivity contribution is 0.288. The first-order valence-electron chi connectivity index (χ1n) is 7.78. The molecule has 136 valence electrons. The number of benzene rings is 2. The third kappa shape index (κ3) is 4.50. The number of hydrogen-bond acceptors (Lipinski definition) is 4. The van der Waals surface area contributed by atoms with E-state index in [2.05, 4.69) is 10.2 Å². The van der Waals surface area contributed by atoms with Crippen LogP contribution in [-0.4, -0.2) is 14.8 Å². The second kappa shape index (κ2) is 8.29. The van der Waals surface area contributed by atoms with Crippen molar-refractivity contribution in [1.82, 2.24) is 14.8 Å². The minimum Gasteiger partial charge on any atom is -0.485 e. The third-order valence-electron chi connectivity index (χ3n) is 3.79. The molecule has 0 atom stereocenters. The summed E-state index contributed by atoms with van der Waals surface area (Å²) in [4.78, 5) is 0. The Morgan fingerprint density at radius 1 is 1.15 bits per heavy atom. The van der Waals surface area contributed by atoms with E-state index < -0.39 is 0 Å². The van der Waals surface area contributed by atoms with Crippen LogP contribution in [0.15, 0.2) is 41.6 Å². The molecule has 8 heteroatoms. The summed E-state index contributed by atoms with van der Waals surface area (Å²) < 4.78 is 20.8. The van der Waals surface area contributed by atoms with Crippen molar-refractivity contribution >= 4 is 35.0 Å². The van der Waals surface area contributed by atoms with Crippen LogP contribution in [0.3, 0.4) is 0 Å². The minimum atomic E-state index is -0.348. The number of ether oxygens (including phenoxy) is 1. The van der Waals surface area contributed by atoms with Crippen molar-refractivity contribution in [1.29, 1.82) is 0 Å². The summed E-state index contributed by atoms with van der Waals surface area (Å²) in [7, 11) is 1.88. The maximum absolute atomic E-state index is 13.1. The Hall–Kier alpha value is -1.76. The van der Waals surface area contributed by atoms with E-state index in [0.717, 1.165) is 22.0 Å². The molecule has 0 amide bonds. The van der Waals surface area contributed by atoms with Gasteiger partial charge >= 0.3 is 0 Å². The minimum absolute atomic E-state index is 0.295. The highest BCUT2D eigenvalue weighted by Crippen LogP contribution is 2.27. The van der Waals surface area contributed by atoms with Gasteiger partial charge in [-0.25, -0.2) is 4.39 Å². The van der Waals surface area contributed by atoms with Crippen LogP contribution in [0.4, 0.5) is 4.39 Å². The lowest BCUT2D eigenvalue weighted by Crippen LogP contribution is -2.05. The standard InChI is InChI=1S/C18H16Cl2FN3OS/c1-11-7-13(19)4-6-16(11)25-9-17-22-23-18(24(17)2)26-10-12-3-5-14(21)8-15(12)20/h3-8H,9-10H2,1-2H3. The summed E-state index contributed by atoms with van der Waals surface area (Å²) in [5, 5.41) is 10.2. The molecule has 4 nitrogen and oxygen atoms in total. The Balaban J connectivity index is 1.64. The highest BCUT2D eigenvalue weighted by molar-refractivity contribution is 7.98. The summed E-state index contributed by atoms with van der Waals surface area (Å²) in [6.45, 7) is 2.23. The molecule has 0 radical (unpaired) electrons. The van der Waals surface area contributed by atoms with Crippen LogP contribution in [0, 0.1) is 12.7 Å². The maximum Gasteiger partial charge on any atom is 0.191 e. The molecular formula is C18H16Cl2FN3OS. The zero-order chi connectivity index (χ0) is 18.7. The van der Waals surface area contributed by atoms with Gasteiger partial charge < -0.3 is 9.30 Å². The van der Waals surface area contributed by atoms with Crippen molar-refractivity contribution in [3.8, 4) is 5.75 Å². The van der Waals surface area contributed by atoms with E-state index in [1.165, 1.54) is 23.9 Å². The van der Waals surface area contributed by atoms with E-state index in [-0.39, 0.29) is 5.82 Å². The number of aryl methyl sites for hydroxylation is 1. The van der Waals surface area contributed by atoms with E-state index in [4.69, 9.17) is 27.9 Å². The van der Waals surface area contributed by atoms with Gasteiger partial charge in [-0.15, -0.1) is 10.2 Å². The fourth-order valence-electron chi connectivity index (χ4n) is 2.29. The monoisotopic (exact) mass is 411 g/mol. The number of hydrogen-bond donors (Lipinski definition) is 0. The van der Waals surface area contributed by atoms with Gasteiger partial charge in [0.1, 0.15) is 18.2 Å². The van der Waals surface area contributed by atoms with Crippen molar-refractivity contribution in [2.75, 3.05) is 0 Å². The first-order valence-corrected chi connectivity index (χ1v) is 9.52. The summed E-state index contributed by atoms with van der Waals surface area (Å²) in [6, 6.07) is 9.85. The molecule has 0 aliphatic heterocycles. The topological polar surface area (TPSA) is 39.9 Å². The molecule has 0 spiro atoms. The third-order valence-corrected chi connectivity index (χ3v) is 5.45. The predicted octanol–water partition coefficient (Wildman–Crippen LogP) is 5.44. The molecule has 0 N–H and O–H groups in total. The van der Waals surface area contributed by atoms with Crippen LogP contribution < -0.4 is 4.74 Å². The molecule has 3 aromatic rings. The smallest absolute Gasteiger partial charge is 0.191 e. The van der Waals surface area contributed by atoms with Crippen molar-refractivity contribution in [3.63, 3.8) is 0 Å². The van der Waals surface area contributed by atoms with E-state index in [0.29, 0.717) is 28.2 Å². The van der Waals surface area contributed by atoms with Crippen LogP contribution in [0.25, 0.3) is 0 Å². The average Bonchev–Trinajstić information content (AvgIpc) is 2.93. The summed E-state index contributed by atoms with van der Waals surface area (Å²) in [6.07, 6.45) is 0. The van der Waals surface area contributed by atoms with Crippen LogP contribution in [0.5, 0.6) is 5.75 Å². The molecule has 0 aliphatic rings.